The molecule has 7 heteroatoms. The lowest BCUT2D eigenvalue weighted by Gasteiger charge is -2.37. The second-order valence-electron chi connectivity index (χ2n) is 6.22. The number of nitrogens with zero attached hydrogens (tertiary/aromatic N) is 2. The Kier molecular flexibility index (Phi) is 5.08. The lowest BCUT2D eigenvalue weighted by Crippen LogP contribution is -2.56. The number of amides is 2. The molecule has 0 saturated carbocycles. The summed E-state index contributed by atoms with van der Waals surface area (Å²) in [7, 11) is 0. The van der Waals surface area contributed by atoms with Crippen LogP contribution >= 0.6 is 0 Å². The molecule has 1 aromatic rings. The van der Waals surface area contributed by atoms with E-state index in [2.05, 4.69) is 5.32 Å². The minimum Gasteiger partial charge on any atom is -0.338 e. The van der Waals surface area contributed by atoms with Crippen LogP contribution in [0.5, 0.6) is 0 Å². The van der Waals surface area contributed by atoms with Crippen molar-refractivity contribution in [3.05, 3.63) is 35.4 Å². The van der Waals surface area contributed by atoms with E-state index in [-0.39, 0.29) is 25.0 Å². The van der Waals surface area contributed by atoms with Gasteiger partial charge in [-0.05, 0) is 31.5 Å². The molecule has 2 heterocycles. The molecule has 0 aliphatic carbocycles. The van der Waals surface area contributed by atoms with Gasteiger partial charge < -0.3 is 15.1 Å². The Labute approximate surface area is 139 Å². The van der Waals surface area contributed by atoms with Gasteiger partial charge in [-0.15, -0.1) is 0 Å². The molecule has 2 fully saturated rings. The van der Waals surface area contributed by atoms with Crippen LogP contribution in [-0.2, 0) is 4.79 Å². The van der Waals surface area contributed by atoms with Gasteiger partial charge in [0.1, 0.15) is 17.2 Å². The Morgan fingerprint density at radius 1 is 1.00 bits per heavy atom. The third-order valence-corrected chi connectivity index (χ3v) is 4.66. The Balaban J connectivity index is 1.60. The first-order valence-electron chi connectivity index (χ1n) is 8.33. The van der Waals surface area contributed by atoms with Crippen molar-refractivity contribution in [3.8, 4) is 0 Å². The van der Waals surface area contributed by atoms with Crippen molar-refractivity contribution in [2.75, 3.05) is 32.7 Å². The number of carbonyl (C=O) groups excluding carboxylic acids is 2. The van der Waals surface area contributed by atoms with Crippen LogP contribution in [0.1, 0.15) is 29.6 Å². The molecule has 2 amide bonds. The lowest BCUT2D eigenvalue weighted by atomic mass is 10.0. The summed E-state index contributed by atoms with van der Waals surface area (Å²) in [6, 6.07) is 3.23. The van der Waals surface area contributed by atoms with Gasteiger partial charge >= 0.3 is 0 Å². The number of rotatable bonds is 2. The van der Waals surface area contributed by atoms with Crippen LogP contribution in [0.15, 0.2) is 18.2 Å². The fourth-order valence-electron chi connectivity index (χ4n) is 3.27. The standard InChI is InChI=1S/C17H21F2N3O2/c18-12-4-3-5-13(19)15(12)17(24)22-10-8-21(9-11-22)16(23)14-6-1-2-7-20-14/h3-5,14,20H,1-2,6-11H2. The van der Waals surface area contributed by atoms with E-state index < -0.39 is 23.1 Å². The molecule has 0 aromatic heterocycles. The first kappa shape index (κ1) is 16.8. The summed E-state index contributed by atoms with van der Waals surface area (Å²) < 4.78 is 27.5. The Hall–Kier alpha value is -2.02. The molecular formula is C17H21F2N3O2. The molecule has 1 N–H and O–H groups in total. The maximum Gasteiger partial charge on any atom is 0.259 e. The summed E-state index contributed by atoms with van der Waals surface area (Å²) in [6.07, 6.45) is 2.95. The summed E-state index contributed by atoms with van der Waals surface area (Å²) in [5, 5.41) is 3.22. The van der Waals surface area contributed by atoms with Gasteiger partial charge in [-0.1, -0.05) is 12.5 Å². The highest BCUT2D eigenvalue weighted by Gasteiger charge is 2.31. The van der Waals surface area contributed by atoms with Crippen LogP contribution in [0.2, 0.25) is 0 Å². The lowest BCUT2D eigenvalue weighted by molar-refractivity contribution is -0.135. The van der Waals surface area contributed by atoms with Gasteiger partial charge in [-0.25, -0.2) is 8.78 Å². The minimum atomic E-state index is -0.857. The van der Waals surface area contributed by atoms with Gasteiger partial charge in [-0.3, -0.25) is 9.59 Å². The topological polar surface area (TPSA) is 52.7 Å². The van der Waals surface area contributed by atoms with E-state index in [1.807, 2.05) is 0 Å². The molecule has 3 rings (SSSR count). The van der Waals surface area contributed by atoms with E-state index in [1.54, 1.807) is 4.90 Å². The largest absolute Gasteiger partial charge is 0.338 e. The zero-order valence-corrected chi connectivity index (χ0v) is 13.4. The van der Waals surface area contributed by atoms with Gasteiger partial charge in [0, 0.05) is 26.2 Å². The molecule has 1 atom stereocenters. The van der Waals surface area contributed by atoms with E-state index >= 15 is 0 Å². The van der Waals surface area contributed by atoms with Crippen LogP contribution in [-0.4, -0.2) is 60.4 Å². The van der Waals surface area contributed by atoms with E-state index in [0.29, 0.717) is 13.1 Å². The molecule has 130 valence electrons. The number of piperidine rings is 1. The summed E-state index contributed by atoms with van der Waals surface area (Å²) in [5.74, 6) is -2.32. The molecule has 5 nitrogen and oxygen atoms in total. The molecule has 0 radical (unpaired) electrons. The second kappa shape index (κ2) is 7.25. The van der Waals surface area contributed by atoms with Crippen molar-refractivity contribution in [2.45, 2.75) is 25.3 Å². The maximum atomic E-state index is 13.7. The Bertz CT molecular complexity index is 604. The molecule has 2 saturated heterocycles. The first-order valence-corrected chi connectivity index (χ1v) is 8.33. The van der Waals surface area contributed by atoms with Crippen molar-refractivity contribution in [2.24, 2.45) is 0 Å². The highest BCUT2D eigenvalue weighted by atomic mass is 19.1. The van der Waals surface area contributed by atoms with E-state index in [1.165, 1.54) is 11.0 Å². The van der Waals surface area contributed by atoms with Gasteiger partial charge in [0.25, 0.3) is 5.91 Å². The molecule has 24 heavy (non-hydrogen) atoms. The number of carbonyl (C=O) groups is 2. The molecular weight excluding hydrogens is 316 g/mol. The maximum absolute atomic E-state index is 13.7. The number of piperazine rings is 1. The summed E-state index contributed by atoms with van der Waals surface area (Å²) in [5.41, 5.74) is -0.522. The molecule has 0 spiro atoms. The molecule has 2 aliphatic rings. The third-order valence-electron chi connectivity index (χ3n) is 4.66. The molecule has 0 bridgehead atoms. The second-order valence-corrected chi connectivity index (χ2v) is 6.22. The minimum absolute atomic E-state index is 0.0545. The average Bonchev–Trinajstić information content (AvgIpc) is 2.62. The zero-order valence-electron chi connectivity index (χ0n) is 13.4. The van der Waals surface area contributed by atoms with E-state index in [4.69, 9.17) is 0 Å². The molecule has 1 aromatic carbocycles. The van der Waals surface area contributed by atoms with Gasteiger partial charge in [0.05, 0.1) is 6.04 Å². The van der Waals surface area contributed by atoms with Crippen molar-refractivity contribution in [1.29, 1.82) is 0 Å². The van der Waals surface area contributed by atoms with Crippen LogP contribution in [0, 0.1) is 11.6 Å². The van der Waals surface area contributed by atoms with Crippen molar-refractivity contribution < 1.29 is 18.4 Å². The highest BCUT2D eigenvalue weighted by Crippen LogP contribution is 2.17. The highest BCUT2D eigenvalue weighted by molar-refractivity contribution is 5.95. The third kappa shape index (κ3) is 3.40. The van der Waals surface area contributed by atoms with E-state index in [9.17, 15) is 18.4 Å². The summed E-state index contributed by atoms with van der Waals surface area (Å²) >= 11 is 0. The van der Waals surface area contributed by atoms with Crippen LogP contribution < -0.4 is 5.32 Å². The number of benzene rings is 1. The van der Waals surface area contributed by atoms with Crippen LogP contribution in [0.25, 0.3) is 0 Å². The van der Waals surface area contributed by atoms with Gasteiger partial charge in [0.15, 0.2) is 0 Å². The van der Waals surface area contributed by atoms with Crippen molar-refractivity contribution in [3.63, 3.8) is 0 Å². The Morgan fingerprint density at radius 3 is 2.21 bits per heavy atom. The van der Waals surface area contributed by atoms with Crippen molar-refractivity contribution >= 4 is 11.8 Å². The molecule has 2 aliphatic heterocycles. The van der Waals surface area contributed by atoms with Crippen LogP contribution in [0.4, 0.5) is 8.78 Å². The van der Waals surface area contributed by atoms with Gasteiger partial charge in [-0.2, -0.15) is 0 Å². The summed E-state index contributed by atoms with van der Waals surface area (Å²) in [6.45, 7) is 2.19. The van der Waals surface area contributed by atoms with Crippen LogP contribution in [0.3, 0.4) is 0 Å². The average molecular weight is 337 g/mol. The fourth-order valence-corrected chi connectivity index (χ4v) is 3.27. The summed E-state index contributed by atoms with van der Waals surface area (Å²) in [4.78, 5) is 27.9. The quantitative estimate of drug-likeness (QED) is 0.887. The molecule has 1 unspecified atom stereocenters. The number of halogens is 2. The fraction of sp³-hybridized carbons (Fsp3) is 0.529. The van der Waals surface area contributed by atoms with E-state index in [0.717, 1.165) is 37.9 Å². The Morgan fingerprint density at radius 2 is 1.62 bits per heavy atom. The van der Waals surface area contributed by atoms with Gasteiger partial charge in [0.2, 0.25) is 5.91 Å². The monoisotopic (exact) mass is 337 g/mol. The first-order chi connectivity index (χ1) is 11.6. The zero-order chi connectivity index (χ0) is 17.1. The predicted octanol–water partition coefficient (Wildman–Crippen LogP) is 1.39. The normalized spacial score (nSPS) is 21.7. The number of nitrogens with one attached hydrogen (secondary N) is 1. The van der Waals surface area contributed by atoms with Crippen molar-refractivity contribution in [1.82, 2.24) is 15.1 Å². The SMILES string of the molecule is O=C(c1c(F)cccc1F)N1CCN(C(=O)C2CCCCN2)CC1. The number of hydrogen-bond donors (Lipinski definition) is 1. The smallest absolute Gasteiger partial charge is 0.259 e. The predicted molar refractivity (Wildman–Crippen MR) is 84.5 cm³/mol. The number of hydrogen-bond acceptors (Lipinski definition) is 3.